The Kier molecular flexibility index (Phi) is 6.32. The highest BCUT2D eigenvalue weighted by Crippen LogP contribution is 2.29. The first-order valence-corrected chi connectivity index (χ1v) is 7.15. The van der Waals surface area contributed by atoms with Gasteiger partial charge in [-0.25, -0.2) is 0 Å². The van der Waals surface area contributed by atoms with Gasteiger partial charge in [-0.1, -0.05) is 19.1 Å². The highest BCUT2D eigenvalue weighted by atomic mass is 35.5. The highest BCUT2D eigenvalue weighted by molar-refractivity contribution is 5.85. The molecule has 0 spiro atoms. The van der Waals surface area contributed by atoms with Crippen LogP contribution in [0.1, 0.15) is 25.3 Å². The molecule has 1 unspecified atom stereocenters. The van der Waals surface area contributed by atoms with E-state index in [0.717, 1.165) is 18.5 Å². The molecule has 1 aromatic carbocycles. The molecule has 0 aliphatic carbocycles. The van der Waals surface area contributed by atoms with Gasteiger partial charge in [0.1, 0.15) is 0 Å². The molecule has 1 aromatic rings. The predicted octanol–water partition coefficient (Wildman–Crippen LogP) is 2.15. The molecule has 1 aliphatic heterocycles. The molecule has 1 amide bonds. The fourth-order valence-electron chi connectivity index (χ4n) is 2.64. The normalized spacial score (nSPS) is 20.5. The summed E-state index contributed by atoms with van der Waals surface area (Å²) in [6.07, 6.45) is 1.84. The van der Waals surface area contributed by atoms with Crippen LogP contribution in [-0.4, -0.2) is 35.4 Å². The number of likely N-dealkylation sites (tertiary alicyclic amines) is 1. The molecule has 1 fully saturated rings. The van der Waals surface area contributed by atoms with Crippen molar-refractivity contribution in [3.05, 3.63) is 39.9 Å². The summed E-state index contributed by atoms with van der Waals surface area (Å²) >= 11 is 0. The Hall–Kier alpha value is -1.66. The molecule has 1 atom stereocenters. The van der Waals surface area contributed by atoms with Crippen LogP contribution in [-0.2, 0) is 11.2 Å². The fraction of sp³-hybridized carbons (Fsp3) is 0.533. The first kappa shape index (κ1) is 18.4. The Bertz CT molecular complexity index is 553. The molecule has 22 heavy (non-hydrogen) atoms. The summed E-state index contributed by atoms with van der Waals surface area (Å²) in [6, 6.07) is 6.45. The molecule has 0 aromatic heterocycles. The number of nitrogens with zero attached hydrogens (tertiary/aromatic N) is 2. The number of hydrogen-bond acceptors (Lipinski definition) is 4. The molecule has 1 heterocycles. The molecular formula is C15H22ClN3O3. The van der Waals surface area contributed by atoms with Crippen molar-refractivity contribution in [2.24, 2.45) is 11.1 Å². The number of amides is 1. The summed E-state index contributed by atoms with van der Waals surface area (Å²) in [5.41, 5.74) is 6.65. The number of nitro benzene ring substituents is 1. The molecule has 122 valence electrons. The number of benzene rings is 1. The molecule has 0 bridgehead atoms. The summed E-state index contributed by atoms with van der Waals surface area (Å²) in [7, 11) is 0. The minimum absolute atomic E-state index is 0. The zero-order valence-electron chi connectivity index (χ0n) is 12.7. The minimum atomic E-state index is -0.418. The zero-order chi connectivity index (χ0) is 15.5. The number of carbonyl (C=O) groups excluding carboxylic acids is 1. The second-order valence-electron chi connectivity index (χ2n) is 6.01. The number of carbonyl (C=O) groups is 1. The van der Waals surface area contributed by atoms with Gasteiger partial charge in [0.25, 0.3) is 5.69 Å². The summed E-state index contributed by atoms with van der Waals surface area (Å²) in [4.78, 5) is 24.3. The predicted molar refractivity (Wildman–Crippen MR) is 87.0 cm³/mol. The number of aryl methyl sites for hydroxylation is 1. The minimum Gasteiger partial charge on any atom is -0.342 e. The van der Waals surface area contributed by atoms with Crippen molar-refractivity contribution in [1.82, 2.24) is 4.90 Å². The van der Waals surface area contributed by atoms with Gasteiger partial charge in [-0.2, -0.15) is 0 Å². The molecule has 1 saturated heterocycles. The van der Waals surface area contributed by atoms with Crippen LogP contribution in [0.15, 0.2) is 24.3 Å². The molecule has 2 rings (SSSR count). The SMILES string of the molecule is CC1(CN)CCN(C(=O)CCc2cccc([N+](=O)[O-])c2)C1.Cl. The monoisotopic (exact) mass is 327 g/mol. The summed E-state index contributed by atoms with van der Waals surface area (Å²) < 4.78 is 0. The van der Waals surface area contributed by atoms with E-state index >= 15 is 0 Å². The Morgan fingerprint density at radius 1 is 1.50 bits per heavy atom. The number of non-ortho nitro benzene ring substituents is 1. The van der Waals surface area contributed by atoms with E-state index in [1.165, 1.54) is 12.1 Å². The maximum atomic E-state index is 12.2. The molecule has 0 radical (unpaired) electrons. The van der Waals surface area contributed by atoms with Crippen molar-refractivity contribution >= 4 is 24.0 Å². The second kappa shape index (κ2) is 7.56. The second-order valence-corrected chi connectivity index (χ2v) is 6.01. The number of nitrogens with two attached hydrogens (primary N) is 1. The highest BCUT2D eigenvalue weighted by Gasteiger charge is 2.34. The lowest BCUT2D eigenvalue weighted by Crippen LogP contribution is -2.34. The number of halogens is 1. The topological polar surface area (TPSA) is 89.5 Å². The van der Waals surface area contributed by atoms with Crippen LogP contribution < -0.4 is 5.73 Å². The lowest BCUT2D eigenvalue weighted by molar-refractivity contribution is -0.384. The van der Waals surface area contributed by atoms with Gasteiger partial charge in [0, 0.05) is 31.6 Å². The summed E-state index contributed by atoms with van der Waals surface area (Å²) in [5.74, 6) is 0.0960. The third-order valence-corrected chi connectivity index (χ3v) is 4.15. The number of rotatable bonds is 5. The van der Waals surface area contributed by atoms with E-state index in [0.29, 0.717) is 25.9 Å². The third kappa shape index (κ3) is 4.42. The van der Waals surface area contributed by atoms with Gasteiger partial charge in [-0.15, -0.1) is 12.4 Å². The van der Waals surface area contributed by atoms with Crippen molar-refractivity contribution in [2.45, 2.75) is 26.2 Å². The molecule has 0 saturated carbocycles. The maximum Gasteiger partial charge on any atom is 0.269 e. The van der Waals surface area contributed by atoms with Crippen LogP contribution in [0.4, 0.5) is 5.69 Å². The van der Waals surface area contributed by atoms with Gasteiger partial charge in [0.2, 0.25) is 5.91 Å². The fourth-order valence-corrected chi connectivity index (χ4v) is 2.64. The Balaban J connectivity index is 0.00000242. The van der Waals surface area contributed by atoms with E-state index in [9.17, 15) is 14.9 Å². The van der Waals surface area contributed by atoms with Crippen LogP contribution in [0.5, 0.6) is 0 Å². The van der Waals surface area contributed by atoms with Gasteiger partial charge >= 0.3 is 0 Å². The lowest BCUT2D eigenvalue weighted by Gasteiger charge is -2.22. The van der Waals surface area contributed by atoms with Crippen molar-refractivity contribution in [3.8, 4) is 0 Å². The van der Waals surface area contributed by atoms with Crippen LogP contribution in [0.2, 0.25) is 0 Å². The molecule has 7 heteroatoms. The lowest BCUT2D eigenvalue weighted by atomic mass is 9.90. The average Bonchev–Trinajstić information content (AvgIpc) is 2.88. The molecular weight excluding hydrogens is 306 g/mol. The van der Waals surface area contributed by atoms with Crippen LogP contribution >= 0.6 is 12.4 Å². The standard InChI is InChI=1S/C15H21N3O3.ClH/c1-15(10-16)7-8-17(11-15)14(19)6-5-12-3-2-4-13(9-12)18(20)21;/h2-4,9H,5-8,10-11,16H2,1H3;1H. The van der Waals surface area contributed by atoms with Crippen LogP contribution in [0.3, 0.4) is 0 Å². The van der Waals surface area contributed by atoms with Crippen molar-refractivity contribution < 1.29 is 9.72 Å². The molecule has 2 N–H and O–H groups in total. The maximum absolute atomic E-state index is 12.2. The van der Waals surface area contributed by atoms with Gasteiger partial charge in [0.05, 0.1) is 4.92 Å². The Morgan fingerprint density at radius 3 is 2.82 bits per heavy atom. The van der Waals surface area contributed by atoms with E-state index in [2.05, 4.69) is 6.92 Å². The first-order chi connectivity index (χ1) is 9.93. The van der Waals surface area contributed by atoms with Crippen LogP contribution in [0, 0.1) is 15.5 Å². The van der Waals surface area contributed by atoms with E-state index in [-0.39, 0.29) is 29.4 Å². The third-order valence-electron chi connectivity index (χ3n) is 4.15. The summed E-state index contributed by atoms with van der Waals surface area (Å²) in [5, 5.41) is 10.7. The van der Waals surface area contributed by atoms with Gasteiger partial charge in [-0.3, -0.25) is 14.9 Å². The average molecular weight is 328 g/mol. The smallest absolute Gasteiger partial charge is 0.269 e. The van der Waals surface area contributed by atoms with Crippen LogP contribution in [0.25, 0.3) is 0 Å². The molecule has 6 nitrogen and oxygen atoms in total. The van der Waals surface area contributed by atoms with Gasteiger partial charge in [0.15, 0.2) is 0 Å². The number of hydrogen-bond donors (Lipinski definition) is 1. The van der Waals surface area contributed by atoms with Crippen molar-refractivity contribution in [1.29, 1.82) is 0 Å². The molecule has 1 aliphatic rings. The quantitative estimate of drug-likeness (QED) is 0.662. The zero-order valence-corrected chi connectivity index (χ0v) is 13.5. The van der Waals surface area contributed by atoms with E-state index in [1.54, 1.807) is 6.07 Å². The van der Waals surface area contributed by atoms with Crippen molar-refractivity contribution in [3.63, 3.8) is 0 Å². The largest absolute Gasteiger partial charge is 0.342 e. The number of nitro groups is 1. The Labute approximate surface area is 136 Å². The summed E-state index contributed by atoms with van der Waals surface area (Å²) in [6.45, 7) is 4.14. The van der Waals surface area contributed by atoms with E-state index in [1.807, 2.05) is 11.0 Å². The van der Waals surface area contributed by atoms with E-state index in [4.69, 9.17) is 5.73 Å². The van der Waals surface area contributed by atoms with Gasteiger partial charge < -0.3 is 10.6 Å². The van der Waals surface area contributed by atoms with Gasteiger partial charge in [-0.05, 0) is 30.4 Å². The Morgan fingerprint density at radius 2 is 2.23 bits per heavy atom. The first-order valence-electron chi connectivity index (χ1n) is 7.15. The van der Waals surface area contributed by atoms with E-state index < -0.39 is 4.92 Å². The van der Waals surface area contributed by atoms with Crippen molar-refractivity contribution in [2.75, 3.05) is 19.6 Å².